The Morgan fingerprint density at radius 2 is 1.73 bits per heavy atom. The van der Waals surface area contributed by atoms with Gasteiger partial charge in [0, 0.05) is 30.3 Å². The first-order valence-corrected chi connectivity index (χ1v) is 11.8. The molecule has 0 saturated carbocycles. The fourth-order valence-electron chi connectivity index (χ4n) is 3.04. The highest BCUT2D eigenvalue weighted by molar-refractivity contribution is 7.92. The van der Waals surface area contributed by atoms with Crippen molar-refractivity contribution in [2.24, 2.45) is 0 Å². The lowest BCUT2D eigenvalue weighted by Gasteiger charge is -2.24. The summed E-state index contributed by atoms with van der Waals surface area (Å²) in [6, 6.07) is 12.5. The topological polar surface area (TPSA) is 79.0 Å². The third kappa shape index (κ3) is 6.27. The molecule has 0 heterocycles. The number of nitrogens with zero attached hydrogens (tertiary/aromatic N) is 2. The molecule has 0 bridgehead atoms. The van der Waals surface area contributed by atoms with Crippen molar-refractivity contribution in [1.29, 1.82) is 0 Å². The standard InChI is InChI=1S/C21H28ClN3O4S/c1-5-24(6-2)18-10-7-16(8-11-18)14-23-21(26)15-25(30(4,27)28)19-13-17(22)9-12-20(19)29-3/h7-13H,5-6,14-15H2,1-4H3,(H,23,26). The summed E-state index contributed by atoms with van der Waals surface area (Å²) in [7, 11) is -2.31. The van der Waals surface area contributed by atoms with Gasteiger partial charge < -0.3 is 15.0 Å². The number of rotatable bonds is 10. The van der Waals surface area contributed by atoms with E-state index in [-0.39, 0.29) is 12.2 Å². The molecule has 0 atom stereocenters. The van der Waals surface area contributed by atoms with Crippen LogP contribution in [0.5, 0.6) is 5.75 Å². The van der Waals surface area contributed by atoms with E-state index < -0.39 is 15.9 Å². The van der Waals surface area contributed by atoms with E-state index in [4.69, 9.17) is 16.3 Å². The van der Waals surface area contributed by atoms with Gasteiger partial charge in [0.15, 0.2) is 0 Å². The van der Waals surface area contributed by atoms with Gasteiger partial charge in [-0.1, -0.05) is 23.7 Å². The lowest BCUT2D eigenvalue weighted by atomic mass is 10.2. The van der Waals surface area contributed by atoms with Gasteiger partial charge in [0.05, 0.1) is 19.1 Å². The molecule has 164 valence electrons. The van der Waals surface area contributed by atoms with Gasteiger partial charge in [-0.15, -0.1) is 0 Å². The molecule has 0 radical (unpaired) electrons. The molecule has 2 aromatic carbocycles. The van der Waals surface area contributed by atoms with Crippen LogP contribution in [-0.2, 0) is 21.4 Å². The minimum atomic E-state index is -3.74. The minimum Gasteiger partial charge on any atom is -0.495 e. The molecule has 1 amide bonds. The van der Waals surface area contributed by atoms with E-state index in [1.807, 2.05) is 24.3 Å². The number of carbonyl (C=O) groups is 1. The van der Waals surface area contributed by atoms with Crippen LogP contribution in [0.25, 0.3) is 0 Å². The number of ether oxygens (including phenoxy) is 1. The zero-order valence-electron chi connectivity index (χ0n) is 17.7. The molecule has 0 aromatic heterocycles. The number of anilines is 2. The molecule has 0 aliphatic heterocycles. The number of benzene rings is 2. The predicted octanol–water partition coefficient (Wildman–Crippen LogP) is 3.28. The monoisotopic (exact) mass is 453 g/mol. The van der Waals surface area contributed by atoms with Crippen molar-refractivity contribution in [2.75, 3.05) is 42.2 Å². The van der Waals surface area contributed by atoms with E-state index in [1.54, 1.807) is 12.1 Å². The Balaban J connectivity index is 2.10. The van der Waals surface area contributed by atoms with E-state index in [9.17, 15) is 13.2 Å². The van der Waals surface area contributed by atoms with Crippen molar-refractivity contribution in [1.82, 2.24) is 5.32 Å². The molecule has 2 aromatic rings. The molecule has 30 heavy (non-hydrogen) atoms. The Morgan fingerprint density at radius 1 is 1.10 bits per heavy atom. The Morgan fingerprint density at radius 3 is 2.27 bits per heavy atom. The number of hydrogen-bond acceptors (Lipinski definition) is 5. The van der Waals surface area contributed by atoms with Crippen LogP contribution in [0.4, 0.5) is 11.4 Å². The smallest absolute Gasteiger partial charge is 0.241 e. The zero-order chi connectivity index (χ0) is 22.3. The number of carbonyl (C=O) groups excluding carboxylic acids is 1. The number of methoxy groups -OCH3 is 1. The molecular weight excluding hydrogens is 426 g/mol. The van der Waals surface area contributed by atoms with E-state index >= 15 is 0 Å². The van der Waals surface area contributed by atoms with Crippen molar-refractivity contribution in [2.45, 2.75) is 20.4 Å². The first kappa shape index (κ1) is 23.8. The highest BCUT2D eigenvalue weighted by Gasteiger charge is 2.24. The summed E-state index contributed by atoms with van der Waals surface area (Å²) >= 11 is 6.02. The average molecular weight is 454 g/mol. The number of halogens is 1. The van der Waals surface area contributed by atoms with Crippen molar-refractivity contribution >= 4 is 38.9 Å². The summed E-state index contributed by atoms with van der Waals surface area (Å²) in [6.07, 6.45) is 1.03. The molecule has 0 aliphatic rings. The molecule has 2 rings (SSSR count). The molecule has 1 N–H and O–H groups in total. The van der Waals surface area contributed by atoms with Crippen LogP contribution in [0.2, 0.25) is 5.02 Å². The van der Waals surface area contributed by atoms with Crippen molar-refractivity contribution in [3.8, 4) is 5.75 Å². The van der Waals surface area contributed by atoms with Gasteiger partial charge in [-0.05, 0) is 49.7 Å². The summed E-state index contributed by atoms with van der Waals surface area (Å²) in [4.78, 5) is 14.7. The quantitative estimate of drug-likeness (QED) is 0.597. The first-order chi connectivity index (χ1) is 14.2. The highest BCUT2D eigenvalue weighted by atomic mass is 35.5. The average Bonchev–Trinajstić information content (AvgIpc) is 2.71. The third-order valence-electron chi connectivity index (χ3n) is 4.65. The van der Waals surface area contributed by atoms with Crippen LogP contribution < -0.4 is 19.3 Å². The summed E-state index contributed by atoms with van der Waals surface area (Å²) in [5.74, 6) is -0.125. The van der Waals surface area contributed by atoms with Crippen LogP contribution in [0.3, 0.4) is 0 Å². The van der Waals surface area contributed by atoms with Crippen LogP contribution in [0.15, 0.2) is 42.5 Å². The SMILES string of the molecule is CCN(CC)c1ccc(CNC(=O)CN(c2cc(Cl)ccc2OC)S(C)(=O)=O)cc1. The largest absolute Gasteiger partial charge is 0.495 e. The van der Waals surface area contributed by atoms with Gasteiger partial charge in [-0.2, -0.15) is 0 Å². The third-order valence-corrected chi connectivity index (χ3v) is 6.01. The highest BCUT2D eigenvalue weighted by Crippen LogP contribution is 2.32. The molecule has 9 heteroatoms. The number of sulfonamides is 1. The Bertz CT molecular complexity index is 961. The minimum absolute atomic E-state index is 0.214. The van der Waals surface area contributed by atoms with Crippen LogP contribution in [0.1, 0.15) is 19.4 Å². The van der Waals surface area contributed by atoms with Crippen molar-refractivity contribution in [3.63, 3.8) is 0 Å². The lowest BCUT2D eigenvalue weighted by Crippen LogP contribution is -2.40. The maximum absolute atomic E-state index is 12.5. The molecule has 0 fully saturated rings. The van der Waals surface area contributed by atoms with E-state index in [1.165, 1.54) is 13.2 Å². The van der Waals surface area contributed by atoms with Crippen LogP contribution in [0, 0.1) is 0 Å². The predicted molar refractivity (Wildman–Crippen MR) is 122 cm³/mol. The van der Waals surface area contributed by atoms with E-state index in [0.29, 0.717) is 17.3 Å². The number of hydrogen-bond donors (Lipinski definition) is 1. The summed E-state index contributed by atoms with van der Waals surface area (Å²) in [5.41, 5.74) is 2.25. The van der Waals surface area contributed by atoms with Gasteiger partial charge in [-0.25, -0.2) is 8.42 Å². The summed E-state index contributed by atoms with van der Waals surface area (Å²) in [5, 5.41) is 3.11. The van der Waals surface area contributed by atoms with Gasteiger partial charge in [0.25, 0.3) is 0 Å². The lowest BCUT2D eigenvalue weighted by molar-refractivity contribution is -0.119. The van der Waals surface area contributed by atoms with E-state index in [0.717, 1.165) is 34.9 Å². The first-order valence-electron chi connectivity index (χ1n) is 9.61. The summed E-state index contributed by atoms with van der Waals surface area (Å²) in [6.45, 7) is 5.94. The molecule has 7 nitrogen and oxygen atoms in total. The second kappa shape index (κ2) is 10.5. The normalized spacial score (nSPS) is 11.1. The zero-order valence-corrected chi connectivity index (χ0v) is 19.3. The Kier molecular flexibility index (Phi) is 8.37. The summed E-state index contributed by atoms with van der Waals surface area (Å²) < 4.78 is 30.9. The van der Waals surface area contributed by atoms with E-state index in [2.05, 4.69) is 24.1 Å². The molecule has 0 aliphatic carbocycles. The molecule has 0 saturated heterocycles. The second-order valence-corrected chi connectivity index (χ2v) is 9.04. The van der Waals surface area contributed by atoms with Gasteiger partial charge in [0.1, 0.15) is 12.3 Å². The van der Waals surface area contributed by atoms with Crippen molar-refractivity contribution in [3.05, 3.63) is 53.1 Å². The van der Waals surface area contributed by atoms with Gasteiger partial charge in [-0.3, -0.25) is 9.10 Å². The fourth-order valence-corrected chi connectivity index (χ4v) is 4.06. The van der Waals surface area contributed by atoms with Gasteiger partial charge >= 0.3 is 0 Å². The fraction of sp³-hybridized carbons (Fsp3) is 0.381. The maximum atomic E-state index is 12.5. The van der Waals surface area contributed by atoms with Crippen LogP contribution >= 0.6 is 11.6 Å². The molecular formula is C21H28ClN3O4S. The molecule has 0 unspecified atom stereocenters. The van der Waals surface area contributed by atoms with Crippen LogP contribution in [-0.4, -0.2) is 47.3 Å². The second-order valence-electron chi connectivity index (χ2n) is 6.70. The number of nitrogens with one attached hydrogen (secondary N) is 1. The maximum Gasteiger partial charge on any atom is 0.241 e. The Hall–Kier alpha value is -2.45. The van der Waals surface area contributed by atoms with Gasteiger partial charge in [0.2, 0.25) is 15.9 Å². The number of amides is 1. The Labute approximate surface area is 183 Å². The molecule has 0 spiro atoms. The van der Waals surface area contributed by atoms with Crippen molar-refractivity contribution < 1.29 is 17.9 Å².